The minimum Gasteiger partial charge on any atom is -0.352 e. The lowest BCUT2D eigenvalue weighted by atomic mass is 10.1. The lowest BCUT2D eigenvalue weighted by Crippen LogP contribution is -2.36. The first-order chi connectivity index (χ1) is 10.1. The maximum atomic E-state index is 13.2. The maximum absolute atomic E-state index is 13.2. The zero-order valence-electron chi connectivity index (χ0n) is 12.9. The average molecular weight is 417 g/mol. The van der Waals surface area contributed by atoms with Crippen molar-refractivity contribution >= 4 is 29.9 Å². The predicted octanol–water partition coefficient (Wildman–Crippen LogP) is 2.35. The van der Waals surface area contributed by atoms with Gasteiger partial charge in [-0.2, -0.15) is 5.10 Å². The molecule has 0 saturated carbocycles. The van der Waals surface area contributed by atoms with Crippen molar-refractivity contribution in [2.75, 3.05) is 7.05 Å². The fourth-order valence-corrected chi connectivity index (χ4v) is 1.97. The molecule has 1 aromatic carbocycles. The van der Waals surface area contributed by atoms with Crippen LogP contribution in [0.2, 0.25) is 0 Å². The Hall–Kier alpha value is -1.64. The Morgan fingerprint density at radius 3 is 2.50 bits per heavy atom. The zero-order chi connectivity index (χ0) is 15.2. The molecule has 2 N–H and O–H groups in total. The van der Waals surface area contributed by atoms with Gasteiger partial charge in [-0.25, -0.2) is 4.39 Å². The van der Waals surface area contributed by atoms with E-state index in [0.29, 0.717) is 24.6 Å². The Balaban J connectivity index is 0.00000242. The molecule has 0 unspecified atom stereocenters. The largest absolute Gasteiger partial charge is 0.352 e. The highest BCUT2D eigenvalue weighted by molar-refractivity contribution is 14.0. The van der Waals surface area contributed by atoms with E-state index in [-0.39, 0.29) is 29.8 Å². The van der Waals surface area contributed by atoms with Crippen molar-refractivity contribution in [2.45, 2.75) is 20.0 Å². The average Bonchev–Trinajstić information content (AvgIpc) is 2.88. The van der Waals surface area contributed by atoms with Crippen LogP contribution in [0.25, 0.3) is 0 Å². The summed E-state index contributed by atoms with van der Waals surface area (Å²) in [7, 11) is 3.60. The molecule has 0 atom stereocenters. The van der Waals surface area contributed by atoms with Gasteiger partial charge in [-0.3, -0.25) is 9.67 Å². The third-order valence-corrected chi connectivity index (χ3v) is 3.12. The van der Waals surface area contributed by atoms with Gasteiger partial charge < -0.3 is 10.6 Å². The number of aryl methyl sites for hydroxylation is 2. The third kappa shape index (κ3) is 5.28. The molecule has 2 aromatic rings. The summed E-state index contributed by atoms with van der Waals surface area (Å²) in [5, 5.41) is 10.5. The van der Waals surface area contributed by atoms with E-state index >= 15 is 0 Å². The summed E-state index contributed by atoms with van der Waals surface area (Å²) in [6.45, 7) is 3.00. The van der Waals surface area contributed by atoms with E-state index in [1.165, 1.54) is 6.07 Å². The number of aromatic nitrogens is 2. The van der Waals surface area contributed by atoms with Gasteiger partial charge in [0.05, 0.1) is 6.20 Å². The van der Waals surface area contributed by atoms with Gasteiger partial charge in [-0.15, -0.1) is 24.0 Å². The number of benzene rings is 1. The molecule has 22 heavy (non-hydrogen) atoms. The molecule has 0 aliphatic carbocycles. The Bertz CT molecular complexity index is 639. The second kappa shape index (κ2) is 8.72. The van der Waals surface area contributed by atoms with Gasteiger partial charge in [0.2, 0.25) is 0 Å². The molecule has 0 aliphatic rings. The molecule has 0 radical (unpaired) electrons. The number of halogens is 2. The van der Waals surface area contributed by atoms with E-state index in [1.54, 1.807) is 24.7 Å². The Morgan fingerprint density at radius 1 is 1.27 bits per heavy atom. The Labute approximate surface area is 147 Å². The topological polar surface area (TPSA) is 54.2 Å². The van der Waals surface area contributed by atoms with Crippen molar-refractivity contribution in [3.8, 4) is 0 Å². The quantitative estimate of drug-likeness (QED) is 0.456. The summed E-state index contributed by atoms with van der Waals surface area (Å²) in [5.41, 5.74) is 2.74. The number of nitrogens with one attached hydrogen (secondary N) is 2. The summed E-state index contributed by atoms with van der Waals surface area (Å²) in [5.74, 6) is 0.513. The molecule has 120 valence electrons. The van der Waals surface area contributed by atoms with Crippen LogP contribution in [0.1, 0.15) is 16.7 Å². The number of rotatable bonds is 4. The predicted molar refractivity (Wildman–Crippen MR) is 96.8 cm³/mol. The first-order valence-electron chi connectivity index (χ1n) is 6.75. The highest BCUT2D eigenvalue weighted by atomic mass is 127. The van der Waals surface area contributed by atoms with Crippen LogP contribution in [0, 0.1) is 12.7 Å². The zero-order valence-corrected chi connectivity index (χ0v) is 15.3. The van der Waals surface area contributed by atoms with E-state index in [0.717, 1.165) is 11.1 Å². The van der Waals surface area contributed by atoms with Crippen LogP contribution in [0.15, 0.2) is 35.6 Å². The lowest BCUT2D eigenvalue weighted by molar-refractivity contribution is 0.617. The van der Waals surface area contributed by atoms with Gasteiger partial charge in [-0.05, 0) is 24.1 Å². The van der Waals surface area contributed by atoms with Crippen molar-refractivity contribution in [1.29, 1.82) is 0 Å². The van der Waals surface area contributed by atoms with Gasteiger partial charge in [0, 0.05) is 38.9 Å². The number of hydrogen-bond acceptors (Lipinski definition) is 2. The van der Waals surface area contributed by atoms with Crippen molar-refractivity contribution < 1.29 is 4.39 Å². The second-order valence-corrected chi connectivity index (χ2v) is 4.89. The minimum atomic E-state index is -0.183. The van der Waals surface area contributed by atoms with E-state index in [9.17, 15) is 4.39 Å². The van der Waals surface area contributed by atoms with Crippen molar-refractivity contribution in [1.82, 2.24) is 20.4 Å². The monoisotopic (exact) mass is 417 g/mol. The number of aliphatic imine (C=N–C) groups is 1. The van der Waals surface area contributed by atoms with E-state index in [1.807, 2.05) is 25.5 Å². The van der Waals surface area contributed by atoms with Crippen LogP contribution >= 0.6 is 24.0 Å². The molecule has 1 aromatic heterocycles. The van der Waals surface area contributed by atoms with Crippen molar-refractivity contribution in [2.24, 2.45) is 12.0 Å². The molecule has 0 spiro atoms. The van der Waals surface area contributed by atoms with Crippen molar-refractivity contribution in [3.63, 3.8) is 0 Å². The summed E-state index contributed by atoms with van der Waals surface area (Å²) in [4.78, 5) is 4.16. The highest BCUT2D eigenvalue weighted by Crippen LogP contribution is 2.08. The molecule has 5 nitrogen and oxygen atoms in total. The summed E-state index contributed by atoms with van der Waals surface area (Å²) < 4.78 is 15.0. The molecular weight excluding hydrogens is 396 g/mol. The lowest BCUT2D eigenvalue weighted by Gasteiger charge is -2.11. The van der Waals surface area contributed by atoms with Crippen LogP contribution in [0.3, 0.4) is 0 Å². The molecule has 0 fully saturated rings. The summed E-state index contributed by atoms with van der Waals surface area (Å²) >= 11 is 0. The van der Waals surface area contributed by atoms with Crippen LogP contribution in [-0.4, -0.2) is 22.8 Å². The molecule has 0 aliphatic heterocycles. The number of guanidine groups is 1. The first-order valence-corrected chi connectivity index (χ1v) is 6.75. The molecule has 0 bridgehead atoms. The van der Waals surface area contributed by atoms with Gasteiger partial charge in [0.1, 0.15) is 5.82 Å². The molecular formula is C15H21FIN5. The fourth-order valence-electron chi connectivity index (χ4n) is 1.97. The SMILES string of the molecule is CN=C(NCc1ccc(F)c(C)c1)NCc1cnn(C)c1.I. The molecule has 1 heterocycles. The third-order valence-electron chi connectivity index (χ3n) is 3.12. The summed E-state index contributed by atoms with van der Waals surface area (Å²) in [6.07, 6.45) is 3.76. The molecule has 0 saturated heterocycles. The van der Waals surface area contributed by atoms with Crippen LogP contribution in [0.5, 0.6) is 0 Å². The van der Waals surface area contributed by atoms with Gasteiger partial charge >= 0.3 is 0 Å². The van der Waals surface area contributed by atoms with Crippen LogP contribution < -0.4 is 10.6 Å². The van der Waals surface area contributed by atoms with E-state index < -0.39 is 0 Å². The van der Waals surface area contributed by atoms with Crippen LogP contribution in [0.4, 0.5) is 4.39 Å². The minimum absolute atomic E-state index is 0. The number of hydrogen-bond donors (Lipinski definition) is 2. The summed E-state index contributed by atoms with van der Waals surface area (Å²) in [6, 6.07) is 5.08. The second-order valence-electron chi connectivity index (χ2n) is 4.89. The molecule has 7 heteroatoms. The van der Waals surface area contributed by atoms with E-state index in [4.69, 9.17) is 0 Å². The maximum Gasteiger partial charge on any atom is 0.191 e. The van der Waals surface area contributed by atoms with Crippen LogP contribution in [-0.2, 0) is 20.1 Å². The smallest absolute Gasteiger partial charge is 0.191 e. The highest BCUT2D eigenvalue weighted by Gasteiger charge is 2.02. The fraction of sp³-hybridized carbons (Fsp3) is 0.333. The Kier molecular flexibility index (Phi) is 7.30. The van der Waals surface area contributed by atoms with Gasteiger partial charge in [0.15, 0.2) is 5.96 Å². The molecule has 0 amide bonds. The molecule has 2 rings (SSSR count). The van der Waals surface area contributed by atoms with Crippen molar-refractivity contribution in [3.05, 3.63) is 53.1 Å². The number of nitrogens with zero attached hydrogens (tertiary/aromatic N) is 3. The first kappa shape index (κ1) is 18.4. The normalized spacial score (nSPS) is 11.0. The standard InChI is InChI=1S/C15H20FN5.HI/c1-11-6-12(4-5-14(11)16)7-18-15(17-2)19-8-13-9-20-21(3)10-13;/h4-6,9-10H,7-8H2,1-3H3,(H2,17,18,19);1H. The Morgan fingerprint density at radius 2 is 1.95 bits per heavy atom. The van der Waals surface area contributed by atoms with Gasteiger partial charge in [0.25, 0.3) is 0 Å². The van der Waals surface area contributed by atoms with E-state index in [2.05, 4.69) is 20.7 Å². The van der Waals surface area contributed by atoms with Gasteiger partial charge in [-0.1, -0.05) is 12.1 Å².